The number of fused-ring (bicyclic) bond motifs is 1. The molecule has 160 valence electrons. The molecule has 0 saturated heterocycles. The minimum Gasteiger partial charge on any atom is -0.468 e. The minimum absolute atomic E-state index is 0.00149. The van der Waals surface area contributed by atoms with E-state index in [-0.39, 0.29) is 23.1 Å². The van der Waals surface area contributed by atoms with E-state index >= 15 is 0 Å². The van der Waals surface area contributed by atoms with Crippen molar-refractivity contribution in [3.05, 3.63) is 42.0 Å². The van der Waals surface area contributed by atoms with E-state index < -0.39 is 16.0 Å². The van der Waals surface area contributed by atoms with Crippen LogP contribution in [-0.2, 0) is 24.3 Å². The van der Waals surface area contributed by atoms with Gasteiger partial charge in [-0.25, -0.2) is 8.42 Å². The molecule has 0 saturated carbocycles. The fourth-order valence-electron chi connectivity index (χ4n) is 3.08. The van der Waals surface area contributed by atoms with E-state index in [4.69, 9.17) is 0 Å². The lowest BCUT2D eigenvalue weighted by molar-refractivity contribution is -0.139. The molecule has 3 rings (SSSR count). The molecule has 0 fully saturated rings. The number of nitrogens with one attached hydrogen (secondary N) is 1. The second-order valence-corrected chi connectivity index (χ2v) is 9.67. The van der Waals surface area contributed by atoms with Gasteiger partial charge < -0.3 is 9.64 Å². The Morgan fingerprint density at radius 3 is 2.63 bits per heavy atom. The number of nitrogens with zero attached hydrogens (tertiary/aromatic N) is 2. The summed E-state index contributed by atoms with van der Waals surface area (Å²) in [6.45, 7) is 1.67. The third-order valence-electron chi connectivity index (χ3n) is 4.64. The van der Waals surface area contributed by atoms with Crippen LogP contribution in [0, 0.1) is 6.92 Å². The van der Waals surface area contributed by atoms with E-state index in [1.54, 1.807) is 18.2 Å². The van der Waals surface area contributed by atoms with Crippen molar-refractivity contribution in [3.8, 4) is 0 Å². The third-order valence-corrected chi connectivity index (χ3v) is 7.07. The topological polar surface area (TPSA) is 96.0 Å². The van der Waals surface area contributed by atoms with Crippen molar-refractivity contribution in [2.45, 2.75) is 16.7 Å². The van der Waals surface area contributed by atoms with Gasteiger partial charge in [0.25, 0.3) is 10.0 Å². The molecule has 0 radical (unpaired) electrons. The van der Waals surface area contributed by atoms with E-state index in [0.29, 0.717) is 11.4 Å². The average Bonchev–Trinajstić information content (AvgIpc) is 2.70. The molecule has 2 aromatic carbocycles. The van der Waals surface area contributed by atoms with Crippen molar-refractivity contribution < 1.29 is 22.7 Å². The van der Waals surface area contributed by atoms with E-state index in [2.05, 4.69) is 9.46 Å². The number of hydrogen-bond acceptors (Lipinski definition) is 7. The lowest BCUT2D eigenvalue weighted by Gasteiger charge is -2.28. The van der Waals surface area contributed by atoms with Crippen LogP contribution in [-0.4, -0.2) is 53.8 Å². The number of anilines is 3. The first-order chi connectivity index (χ1) is 14.1. The number of hydrogen-bond donors (Lipinski definition) is 1. The van der Waals surface area contributed by atoms with Gasteiger partial charge in [-0.05, 0) is 42.8 Å². The molecule has 1 amide bonds. The standard InChI is InChI=1S/C20H23N3O5S2/c1-13-5-6-14(9-16(13)22(2)3)21-30(26,27)15-7-8-18-17(10-15)23(11-20(25)28-4)19(24)12-29-18/h5-10,21H,11-12H2,1-4H3. The number of rotatable bonds is 6. The third kappa shape index (κ3) is 4.54. The SMILES string of the molecule is COC(=O)CN1C(=O)CSc2ccc(S(=O)(=O)Nc3ccc(C)c(N(C)C)c3)cc21. The molecule has 1 heterocycles. The summed E-state index contributed by atoms with van der Waals surface area (Å²) in [5.41, 5.74) is 2.72. The van der Waals surface area contributed by atoms with Gasteiger partial charge in [-0.1, -0.05) is 6.07 Å². The number of carbonyl (C=O) groups excluding carboxylic acids is 2. The van der Waals surface area contributed by atoms with Crippen LogP contribution < -0.4 is 14.5 Å². The molecule has 0 spiro atoms. The van der Waals surface area contributed by atoms with Crippen molar-refractivity contribution in [3.63, 3.8) is 0 Å². The van der Waals surface area contributed by atoms with Gasteiger partial charge in [0, 0.05) is 24.7 Å². The zero-order chi connectivity index (χ0) is 22.1. The Labute approximate surface area is 180 Å². The van der Waals surface area contributed by atoms with Gasteiger partial charge >= 0.3 is 5.97 Å². The van der Waals surface area contributed by atoms with Gasteiger partial charge in [-0.2, -0.15) is 0 Å². The van der Waals surface area contributed by atoms with Crippen molar-refractivity contribution in [2.24, 2.45) is 0 Å². The molecule has 1 N–H and O–H groups in total. The zero-order valence-electron chi connectivity index (χ0n) is 17.1. The average molecular weight is 450 g/mol. The highest BCUT2D eigenvalue weighted by Gasteiger charge is 2.29. The Morgan fingerprint density at radius 2 is 1.97 bits per heavy atom. The predicted octanol–water partition coefficient (Wildman–Crippen LogP) is 2.47. The van der Waals surface area contributed by atoms with Crippen LogP contribution in [0.4, 0.5) is 17.1 Å². The fraction of sp³-hybridized carbons (Fsp3) is 0.300. The highest BCUT2D eigenvalue weighted by Crippen LogP contribution is 2.37. The van der Waals surface area contributed by atoms with Gasteiger partial charge in [0.05, 0.1) is 29.1 Å². The van der Waals surface area contributed by atoms with Crippen LogP contribution in [0.15, 0.2) is 46.2 Å². The van der Waals surface area contributed by atoms with Crippen molar-refractivity contribution >= 4 is 50.7 Å². The summed E-state index contributed by atoms with van der Waals surface area (Å²) in [7, 11) is 1.10. The fourth-order valence-corrected chi connectivity index (χ4v) is 5.07. The van der Waals surface area contributed by atoms with Gasteiger partial charge in [-0.15, -0.1) is 11.8 Å². The first-order valence-electron chi connectivity index (χ1n) is 9.07. The predicted molar refractivity (Wildman–Crippen MR) is 118 cm³/mol. The quantitative estimate of drug-likeness (QED) is 0.677. The van der Waals surface area contributed by atoms with Gasteiger partial charge in [0.2, 0.25) is 5.91 Å². The Balaban J connectivity index is 1.95. The summed E-state index contributed by atoms with van der Waals surface area (Å²) in [6.07, 6.45) is 0. The maximum atomic E-state index is 13.0. The highest BCUT2D eigenvalue weighted by molar-refractivity contribution is 8.00. The molecule has 0 aromatic heterocycles. The van der Waals surface area contributed by atoms with Crippen LogP contribution >= 0.6 is 11.8 Å². The Bertz CT molecular complexity index is 1100. The maximum absolute atomic E-state index is 13.0. The molecule has 10 heteroatoms. The van der Waals surface area contributed by atoms with Crippen LogP contribution in [0.1, 0.15) is 5.56 Å². The molecule has 0 bridgehead atoms. The monoisotopic (exact) mass is 449 g/mol. The number of methoxy groups -OCH3 is 1. The van der Waals surface area contributed by atoms with Crippen molar-refractivity contribution in [2.75, 3.05) is 48.0 Å². The number of thioether (sulfide) groups is 1. The molecule has 0 aliphatic carbocycles. The normalized spacial score (nSPS) is 13.6. The zero-order valence-corrected chi connectivity index (χ0v) is 18.8. The number of sulfonamides is 1. The molecule has 1 aliphatic rings. The number of esters is 1. The molecule has 30 heavy (non-hydrogen) atoms. The smallest absolute Gasteiger partial charge is 0.325 e. The second-order valence-electron chi connectivity index (χ2n) is 6.98. The molecule has 0 atom stereocenters. The summed E-state index contributed by atoms with van der Waals surface area (Å²) in [4.78, 5) is 27.9. The van der Waals surface area contributed by atoms with Gasteiger partial charge in [-0.3, -0.25) is 19.2 Å². The maximum Gasteiger partial charge on any atom is 0.325 e. The summed E-state index contributed by atoms with van der Waals surface area (Å²) in [5, 5.41) is 0. The van der Waals surface area contributed by atoms with E-state index in [1.165, 1.54) is 35.9 Å². The highest BCUT2D eigenvalue weighted by atomic mass is 32.2. The largest absolute Gasteiger partial charge is 0.468 e. The van der Waals surface area contributed by atoms with Gasteiger partial charge in [0.1, 0.15) is 6.54 Å². The van der Waals surface area contributed by atoms with Crippen LogP contribution in [0.2, 0.25) is 0 Å². The number of ether oxygens (including phenoxy) is 1. The van der Waals surface area contributed by atoms with E-state index in [9.17, 15) is 18.0 Å². The van der Waals surface area contributed by atoms with E-state index in [0.717, 1.165) is 16.1 Å². The molecule has 1 aliphatic heterocycles. The Hall–Kier alpha value is -2.72. The number of amides is 1. The summed E-state index contributed by atoms with van der Waals surface area (Å²) in [6, 6.07) is 9.83. The van der Waals surface area contributed by atoms with Crippen LogP contribution in [0.5, 0.6) is 0 Å². The molecular formula is C20H23N3O5S2. The molecule has 8 nitrogen and oxygen atoms in total. The van der Waals surface area contributed by atoms with E-state index in [1.807, 2.05) is 32.0 Å². The van der Waals surface area contributed by atoms with Crippen molar-refractivity contribution in [1.29, 1.82) is 0 Å². The molecule has 2 aromatic rings. The second kappa shape index (κ2) is 8.57. The summed E-state index contributed by atoms with van der Waals surface area (Å²) < 4.78 is 33.2. The number of aryl methyl sites for hydroxylation is 1. The summed E-state index contributed by atoms with van der Waals surface area (Å²) in [5.74, 6) is -0.691. The first kappa shape index (κ1) is 22.0. The first-order valence-corrected chi connectivity index (χ1v) is 11.5. The van der Waals surface area contributed by atoms with Crippen molar-refractivity contribution in [1.82, 2.24) is 0 Å². The number of benzene rings is 2. The Morgan fingerprint density at radius 1 is 1.23 bits per heavy atom. The minimum atomic E-state index is -3.91. The summed E-state index contributed by atoms with van der Waals surface area (Å²) >= 11 is 1.30. The lowest BCUT2D eigenvalue weighted by Crippen LogP contribution is -2.39. The lowest BCUT2D eigenvalue weighted by atomic mass is 10.2. The van der Waals surface area contributed by atoms with Crippen LogP contribution in [0.25, 0.3) is 0 Å². The van der Waals surface area contributed by atoms with Crippen LogP contribution in [0.3, 0.4) is 0 Å². The molecule has 0 unspecified atom stereocenters. The molecular weight excluding hydrogens is 426 g/mol. The van der Waals surface area contributed by atoms with Gasteiger partial charge in [0.15, 0.2) is 0 Å². The number of carbonyl (C=O) groups is 2. The Kier molecular flexibility index (Phi) is 6.27.